The molecule has 114 valence electrons. The lowest BCUT2D eigenvalue weighted by Crippen LogP contribution is -2.34. The Balaban J connectivity index is 3.02. The fourth-order valence-electron chi connectivity index (χ4n) is 1.48. The third-order valence-electron chi connectivity index (χ3n) is 3.36. The van der Waals surface area contributed by atoms with Gasteiger partial charge in [0.1, 0.15) is 4.90 Å². The number of nitrogens with one attached hydrogen (secondary N) is 1. The molecule has 0 amide bonds. The standard InChI is InChI=1S/C13H20Br2N2O2S/c1-8(13(2,3)4)7-17-20(18,19)12-10(15)5-9(14)6-11(12)16/h5-6,8,17H,7,16H2,1-4H3. The van der Waals surface area contributed by atoms with Gasteiger partial charge in [0.2, 0.25) is 10.0 Å². The Morgan fingerprint density at radius 2 is 1.85 bits per heavy atom. The van der Waals surface area contributed by atoms with Crippen LogP contribution < -0.4 is 10.5 Å². The minimum absolute atomic E-state index is 0.0328. The molecule has 1 rings (SSSR count). The van der Waals surface area contributed by atoms with Gasteiger partial charge in [0, 0.05) is 15.5 Å². The van der Waals surface area contributed by atoms with E-state index in [0.717, 1.165) is 4.47 Å². The van der Waals surface area contributed by atoms with Crippen LogP contribution in [0.3, 0.4) is 0 Å². The number of halogens is 2. The molecule has 0 spiro atoms. The van der Waals surface area contributed by atoms with Gasteiger partial charge in [-0.1, -0.05) is 43.6 Å². The summed E-state index contributed by atoms with van der Waals surface area (Å²) in [5.41, 5.74) is 6.06. The maximum absolute atomic E-state index is 12.4. The lowest BCUT2D eigenvalue weighted by atomic mass is 9.82. The quantitative estimate of drug-likeness (QED) is 0.718. The minimum Gasteiger partial charge on any atom is -0.398 e. The van der Waals surface area contributed by atoms with Crippen LogP contribution in [-0.4, -0.2) is 15.0 Å². The van der Waals surface area contributed by atoms with Gasteiger partial charge in [-0.3, -0.25) is 0 Å². The molecule has 3 N–H and O–H groups in total. The van der Waals surface area contributed by atoms with E-state index in [0.29, 0.717) is 11.0 Å². The Morgan fingerprint density at radius 1 is 1.30 bits per heavy atom. The van der Waals surface area contributed by atoms with Crippen molar-refractivity contribution in [3.63, 3.8) is 0 Å². The monoisotopic (exact) mass is 426 g/mol. The molecule has 1 aromatic carbocycles. The van der Waals surface area contributed by atoms with E-state index >= 15 is 0 Å². The average Bonchev–Trinajstić information content (AvgIpc) is 2.22. The second-order valence-electron chi connectivity index (χ2n) is 5.92. The van der Waals surface area contributed by atoms with E-state index < -0.39 is 10.0 Å². The van der Waals surface area contributed by atoms with Crippen LogP contribution in [0.4, 0.5) is 5.69 Å². The summed E-state index contributed by atoms with van der Waals surface area (Å²) in [5.74, 6) is 0.202. The summed E-state index contributed by atoms with van der Waals surface area (Å²) in [4.78, 5) is 0.0850. The third kappa shape index (κ3) is 4.44. The molecule has 1 aromatic rings. The number of anilines is 1. The lowest BCUT2D eigenvalue weighted by Gasteiger charge is -2.27. The molecular weight excluding hydrogens is 408 g/mol. The number of rotatable bonds is 4. The normalized spacial score (nSPS) is 14.3. The Bertz CT molecular complexity index is 572. The molecule has 0 saturated carbocycles. The summed E-state index contributed by atoms with van der Waals surface area (Å²) in [5, 5.41) is 0. The van der Waals surface area contributed by atoms with E-state index in [1.807, 2.05) is 6.92 Å². The summed E-state index contributed by atoms with van der Waals surface area (Å²) in [6.07, 6.45) is 0. The second kappa shape index (κ2) is 6.34. The smallest absolute Gasteiger partial charge is 0.243 e. The van der Waals surface area contributed by atoms with E-state index in [-0.39, 0.29) is 21.9 Å². The van der Waals surface area contributed by atoms with E-state index in [1.54, 1.807) is 12.1 Å². The zero-order valence-electron chi connectivity index (χ0n) is 12.0. The van der Waals surface area contributed by atoms with Crippen molar-refractivity contribution in [2.24, 2.45) is 11.3 Å². The maximum atomic E-state index is 12.4. The largest absolute Gasteiger partial charge is 0.398 e. The fourth-order valence-corrected chi connectivity index (χ4v) is 4.67. The van der Waals surface area contributed by atoms with Crippen LogP contribution in [0.25, 0.3) is 0 Å². The number of hydrogen-bond donors (Lipinski definition) is 2. The van der Waals surface area contributed by atoms with Crippen LogP contribution in [0.15, 0.2) is 26.0 Å². The molecule has 20 heavy (non-hydrogen) atoms. The average molecular weight is 428 g/mol. The fraction of sp³-hybridized carbons (Fsp3) is 0.538. The van der Waals surface area contributed by atoms with E-state index in [1.165, 1.54) is 0 Å². The minimum atomic E-state index is -3.64. The highest BCUT2D eigenvalue weighted by Gasteiger charge is 2.25. The number of sulfonamides is 1. The van der Waals surface area contributed by atoms with Crippen molar-refractivity contribution in [2.45, 2.75) is 32.6 Å². The highest BCUT2D eigenvalue weighted by molar-refractivity contribution is 9.11. The summed E-state index contributed by atoms with van der Waals surface area (Å²) in [7, 11) is -3.64. The van der Waals surface area contributed by atoms with Crippen molar-refractivity contribution in [2.75, 3.05) is 12.3 Å². The Hall–Kier alpha value is -0.110. The maximum Gasteiger partial charge on any atom is 0.243 e. The second-order valence-corrected chi connectivity index (χ2v) is 9.40. The van der Waals surface area contributed by atoms with Crippen molar-refractivity contribution in [3.05, 3.63) is 21.1 Å². The molecule has 0 aliphatic carbocycles. The molecule has 0 radical (unpaired) electrons. The molecule has 4 nitrogen and oxygen atoms in total. The van der Waals surface area contributed by atoms with E-state index in [4.69, 9.17) is 5.73 Å². The Kier molecular flexibility index (Phi) is 5.68. The number of nitrogens with two attached hydrogens (primary N) is 1. The zero-order valence-corrected chi connectivity index (χ0v) is 16.0. The molecule has 0 aromatic heterocycles. The molecule has 0 aliphatic rings. The summed E-state index contributed by atoms with van der Waals surface area (Å²) in [6, 6.07) is 3.24. The van der Waals surface area contributed by atoms with Gasteiger partial charge in [-0.15, -0.1) is 0 Å². The van der Waals surface area contributed by atoms with Gasteiger partial charge in [-0.2, -0.15) is 0 Å². The molecule has 0 heterocycles. The molecule has 0 bridgehead atoms. The predicted molar refractivity (Wildman–Crippen MR) is 90.1 cm³/mol. The number of benzene rings is 1. The van der Waals surface area contributed by atoms with Crippen molar-refractivity contribution in [1.29, 1.82) is 0 Å². The summed E-state index contributed by atoms with van der Waals surface area (Å²) >= 11 is 6.53. The van der Waals surface area contributed by atoms with Crippen LogP contribution in [0.1, 0.15) is 27.7 Å². The van der Waals surface area contributed by atoms with Crippen molar-refractivity contribution < 1.29 is 8.42 Å². The van der Waals surface area contributed by atoms with Crippen LogP contribution in [0, 0.1) is 11.3 Å². The van der Waals surface area contributed by atoms with Gasteiger partial charge in [-0.05, 0) is 39.4 Å². The number of nitrogen functional groups attached to an aromatic ring is 1. The van der Waals surface area contributed by atoms with Gasteiger partial charge in [0.15, 0.2) is 0 Å². The van der Waals surface area contributed by atoms with Crippen LogP contribution in [0.5, 0.6) is 0 Å². The molecule has 0 fully saturated rings. The molecule has 0 aliphatic heterocycles. The lowest BCUT2D eigenvalue weighted by molar-refractivity contribution is 0.263. The third-order valence-corrected chi connectivity index (χ3v) is 6.25. The van der Waals surface area contributed by atoms with Gasteiger partial charge in [0.25, 0.3) is 0 Å². The topological polar surface area (TPSA) is 72.2 Å². The Morgan fingerprint density at radius 3 is 2.30 bits per heavy atom. The molecule has 0 saturated heterocycles. The number of hydrogen-bond acceptors (Lipinski definition) is 3. The van der Waals surface area contributed by atoms with Crippen molar-refractivity contribution in [1.82, 2.24) is 4.72 Å². The van der Waals surface area contributed by atoms with Gasteiger partial charge in [0.05, 0.1) is 5.69 Å². The predicted octanol–water partition coefficient (Wildman–Crippen LogP) is 3.75. The van der Waals surface area contributed by atoms with Crippen LogP contribution in [-0.2, 0) is 10.0 Å². The molecule has 7 heteroatoms. The zero-order chi connectivity index (χ0) is 15.7. The van der Waals surface area contributed by atoms with Crippen molar-refractivity contribution in [3.8, 4) is 0 Å². The Labute approximate surface area is 137 Å². The highest BCUT2D eigenvalue weighted by atomic mass is 79.9. The summed E-state index contributed by atoms with van der Waals surface area (Å²) in [6.45, 7) is 8.62. The van der Waals surface area contributed by atoms with E-state index in [2.05, 4.69) is 57.4 Å². The SMILES string of the molecule is CC(CNS(=O)(=O)c1c(N)cc(Br)cc1Br)C(C)(C)C. The summed E-state index contributed by atoms with van der Waals surface area (Å²) < 4.78 is 28.6. The molecule has 1 unspecified atom stereocenters. The first kappa shape index (κ1) is 17.9. The first-order valence-electron chi connectivity index (χ1n) is 6.19. The first-order valence-corrected chi connectivity index (χ1v) is 9.26. The highest BCUT2D eigenvalue weighted by Crippen LogP contribution is 2.32. The van der Waals surface area contributed by atoms with Gasteiger partial charge in [-0.25, -0.2) is 13.1 Å². The van der Waals surface area contributed by atoms with Crippen molar-refractivity contribution >= 4 is 47.6 Å². The molecular formula is C13H20Br2N2O2S. The molecule has 1 atom stereocenters. The van der Waals surface area contributed by atoms with Crippen LogP contribution >= 0.6 is 31.9 Å². The first-order chi connectivity index (χ1) is 8.95. The van der Waals surface area contributed by atoms with Crippen LogP contribution in [0.2, 0.25) is 0 Å². The van der Waals surface area contributed by atoms with E-state index in [9.17, 15) is 8.42 Å². The van der Waals surface area contributed by atoms with Gasteiger partial charge >= 0.3 is 0 Å². The van der Waals surface area contributed by atoms with Gasteiger partial charge < -0.3 is 5.73 Å².